The SMILES string of the molecule is Cc1nc(/C=C/C(=O)c2ccc(NC(=O)OC(C)(C)C)cc2)co1. The zero-order chi connectivity index (χ0) is 17.7. The number of hydrogen-bond donors (Lipinski definition) is 1. The van der Waals surface area contributed by atoms with E-state index in [9.17, 15) is 9.59 Å². The van der Waals surface area contributed by atoms with Gasteiger partial charge in [-0.15, -0.1) is 0 Å². The van der Waals surface area contributed by atoms with E-state index >= 15 is 0 Å². The number of benzene rings is 1. The normalized spacial score (nSPS) is 11.5. The van der Waals surface area contributed by atoms with Crippen LogP contribution in [0.25, 0.3) is 6.08 Å². The van der Waals surface area contributed by atoms with Gasteiger partial charge in [0.1, 0.15) is 17.6 Å². The number of nitrogens with zero attached hydrogens (tertiary/aromatic N) is 1. The van der Waals surface area contributed by atoms with Crippen molar-refractivity contribution in [2.24, 2.45) is 0 Å². The highest BCUT2D eigenvalue weighted by Gasteiger charge is 2.16. The molecule has 0 aliphatic rings. The Kier molecular flexibility index (Phi) is 5.18. The molecule has 24 heavy (non-hydrogen) atoms. The fraction of sp³-hybridized carbons (Fsp3) is 0.278. The van der Waals surface area contributed by atoms with Gasteiger partial charge in [-0.1, -0.05) is 0 Å². The first kappa shape index (κ1) is 17.5. The van der Waals surface area contributed by atoms with Crippen molar-refractivity contribution >= 4 is 23.6 Å². The van der Waals surface area contributed by atoms with E-state index in [2.05, 4.69) is 10.3 Å². The Bertz CT molecular complexity index is 752. The Morgan fingerprint density at radius 2 is 1.88 bits per heavy atom. The van der Waals surface area contributed by atoms with Crippen LogP contribution in [0.1, 0.15) is 42.7 Å². The van der Waals surface area contributed by atoms with Gasteiger partial charge in [-0.2, -0.15) is 0 Å². The molecule has 2 rings (SSSR count). The van der Waals surface area contributed by atoms with Crippen LogP contribution in [0, 0.1) is 6.92 Å². The largest absolute Gasteiger partial charge is 0.449 e. The first-order valence-electron chi connectivity index (χ1n) is 7.47. The first-order chi connectivity index (χ1) is 11.2. The molecule has 0 fully saturated rings. The summed E-state index contributed by atoms with van der Waals surface area (Å²) >= 11 is 0. The lowest BCUT2D eigenvalue weighted by Gasteiger charge is -2.19. The maximum absolute atomic E-state index is 12.1. The van der Waals surface area contributed by atoms with Gasteiger partial charge in [0.15, 0.2) is 11.7 Å². The smallest absolute Gasteiger partial charge is 0.412 e. The number of carbonyl (C=O) groups excluding carboxylic acids is 2. The summed E-state index contributed by atoms with van der Waals surface area (Å²) in [6, 6.07) is 6.55. The van der Waals surface area contributed by atoms with Crippen LogP contribution >= 0.6 is 0 Å². The molecule has 1 amide bonds. The number of carbonyl (C=O) groups is 2. The third kappa shape index (κ3) is 5.39. The van der Waals surface area contributed by atoms with Gasteiger partial charge < -0.3 is 9.15 Å². The molecule has 1 heterocycles. The predicted molar refractivity (Wildman–Crippen MR) is 90.9 cm³/mol. The monoisotopic (exact) mass is 328 g/mol. The number of oxazole rings is 1. The van der Waals surface area contributed by atoms with Crippen molar-refractivity contribution in [1.82, 2.24) is 4.98 Å². The summed E-state index contributed by atoms with van der Waals surface area (Å²) in [6.45, 7) is 7.10. The summed E-state index contributed by atoms with van der Waals surface area (Å²) in [4.78, 5) is 27.9. The summed E-state index contributed by atoms with van der Waals surface area (Å²) in [5.41, 5.74) is 1.08. The molecule has 0 aliphatic heterocycles. The molecule has 126 valence electrons. The van der Waals surface area contributed by atoms with E-state index in [0.29, 0.717) is 22.8 Å². The van der Waals surface area contributed by atoms with Crippen LogP contribution < -0.4 is 5.32 Å². The zero-order valence-corrected chi connectivity index (χ0v) is 14.1. The average molecular weight is 328 g/mol. The van der Waals surface area contributed by atoms with E-state index in [0.717, 1.165) is 0 Å². The van der Waals surface area contributed by atoms with Crippen molar-refractivity contribution in [3.8, 4) is 0 Å². The summed E-state index contributed by atoms with van der Waals surface area (Å²) in [5, 5.41) is 2.61. The van der Waals surface area contributed by atoms with Crippen molar-refractivity contribution in [2.75, 3.05) is 5.32 Å². The number of ether oxygens (including phenoxy) is 1. The van der Waals surface area contributed by atoms with Gasteiger partial charge in [-0.05, 0) is 57.2 Å². The van der Waals surface area contributed by atoms with Crippen molar-refractivity contribution in [1.29, 1.82) is 0 Å². The van der Waals surface area contributed by atoms with Gasteiger partial charge in [0.25, 0.3) is 0 Å². The highest BCUT2D eigenvalue weighted by atomic mass is 16.6. The Balaban J connectivity index is 1.97. The third-order valence-electron chi connectivity index (χ3n) is 2.86. The van der Waals surface area contributed by atoms with Crippen LogP contribution in [0.2, 0.25) is 0 Å². The second-order valence-corrected chi connectivity index (χ2v) is 6.19. The summed E-state index contributed by atoms with van der Waals surface area (Å²) in [6.07, 6.45) is 3.95. The van der Waals surface area contributed by atoms with Crippen molar-refractivity contribution in [2.45, 2.75) is 33.3 Å². The molecule has 0 saturated heterocycles. The molecule has 1 N–H and O–H groups in total. The predicted octanol–water partition coefficient (Wildman–Crippen LogP) is 4.23. The van der Waals surface area contributed by atoms with Gasteiger partial charge in [0, 0.05) is 18.2 Å². The molecule has 0 unspecified atom stereocenters. The van der Waals surface area contributed by atoms with Crippen molar-refractivity contribution in [3.63, 3.8) is 0 Å². The van der Waals surface area contributed by atoms with Gasteiger partial charge in [-0.25, -0.2) is 9.78 Å². The molecule has 6 nitrogen and oxygen atoms in total. The van der Waals surface area contributed by atoms with Crippen molar-refractivity contribution in [3.05, 3.63) is 53.8 Å². The third-order valence-corrected chi connectivity index (χ3v) is 2.86. The molecule has 1 aromatic carbocycles. The Hall–Kier alpha value is -2.89. The molecule has 1 aromatic heterocycles. The van der Waals surface area contributed by atoms with E-state index < -0.39 is 11.7 Å². The molecular formula is C18H20N2O4. The molecule has 6 heteroatoms. The molecule has 0 aliphatic carbocycles. The molecule has 0 bridgehead atoms. The number of hydrogen-bond acceptors (Lipinski definition) is 5. The number of nitrogens with one attached hydrogen (secondary N) is 1. The first-order valence-corrected chi connectivity index (χ1v) is 7.47. The number of ketones is 1. The standard InChI is InChI=1S/C18H20N2O4/c1-12-19-15(11-23-12)9-10-16(21)13-5-7-14(8-6-13)20-17(22)24-18(2,3)4/h5-11H,1-4H3,(H,20,22)/b10-9+. The maximum Gasteiger partial charge on any atom is 0.412 e. The Morgan fingerprint density at radius 3 is 2.42 bits per heavy atom. The second-order valence-electron chi connectivity index (χ2n) is 6.19. The van der Waals surface area contributed by atoms with E-state index in [1.165, 1.54) is 12.3 Å². The second kappa shape index (κ2) is 7.12. The number of aryl methyl sites for hydroxylation is 1. The highest BCUT2D eigenvalue weighted by molar-refractivity contribution is 6.07. The minimum absolute atomic E-state index is 0.167. The van der Waals surface area contributed by atoms with Crippen LogP contribution in [0.5, 0.6) is 0 Å². The summed E-state index contributed by atoms with van der Waals surface area (Å²) < 4.78 is 10.2. The fourth-order valence-corrected chi connectivity index (χ4v) is 1.85. The maximum atomic E-state index is 12.1. The van der Waals surface area contributed by atoms with E-state index in [1.807, 2.05) is 0 Å². The number of amides is 1. The Labute approximate surface area is 140 Å². The Morgan fingerprint density at radius 1 is 1.21 bits per heavy atom. The lowest BCUT2D eigenvalue weighted by atomic mass is 10.1. The lowest BCUT2D eigenvalue weighted by molar-refractivity contribution is 0.0636. The molecular weight excluding hydrogens is 308 g/mol. The van der Waals surface area contributed by atoms with Crippen LogP contribution in [-0.2, 0) is 4.74 Å². The molecule has 2 aromatic rings. The molecule has 0 spiro atoms. The fourth-order valence-electron chi connectivity index (χ4n) is 1.85. The van der Waals surface area contributed by atoms with Crippen molar-refractivity contribution < 1.29 is 18.7 Å². The summed E-state index contributed by atoms with van der Waals surface area (Å²) in [7, 11) is 0. The average Bonchev–Trinajstić information content (AvgIpc) is 2.89. The minimum atomic E-state index is -0.565. The number of aromatic nitrogens is 1. The quantitative estimate of drug-likeness (QED) is 0.671. The molecule has 0 atom stereocenters. The topological polar surface area (TPSA) is 81.4 Å². The van der Waals surface area contributed by atoms with Gasteiger partial charge in [-0.3, -0.25) is 10.1 Å². The number of anilines is 1. The number of rotatable bonds is 4. The molecule has 0 saturated carbocycles. The summed E-state index contributed by atoms with van der Waals surface area (Å²) in [5.74, 6) is 0.374. The van der Waals surface area contributed by atoms with Gasteiger partial charge >= 0.3 is 6.09 Å². The van der Waals surface area contributed by atoms with E-state index in [4.69, 9.17) is 9.15 Å². The molecule has 0 radical (unpaired) electrons. The van der Waals surface area contributed by atoms with Crippen LogP contribution in [0.4, 0.5) is 10.5 Å². The number of allylic oxidation sites excluding steroid dienone is 1. The van der Waals surface area contributed by atoms with Gasteiger partial charge in [0.05, 0.1) is 0 Å². The minimum Gasteiger partial charge on any atom is -0.449 e. The van der Waals surface area contributed by atoms with Crippen LogP contribution in [-0.4, -0.2) is 22.5 Å². The van der Waals surface area contributed by atoms with E-state index in [-0.39, 0.29) is 5.78 Å². The van der Waals surface area contributed by atoms with Crippen LogP contribution in [0.15, 0.2) is 41.0 Å². The van der Waals surface area contributed by atoms with Crippen LogP contribution in [0.3, 0.4) is 0 Å². The highest BCUT2D eigenvalue weighted by Crippen LogP contribution is 2.14. The zero-order valence-electron chi connectivity index (χ0n) is 14.1. The van der Waals surface area contributed by atoms with E-state index in [1.54, 1.807) is 58.0 Å². The van der Waals surface area contributed by atoms with Gasteiger partial charge in [0.2, 0.25) is 0 Å². The lowest BCUT2D eigenvalue weighted by Crippen LogP contribution is -2.27.